The Morgan fingerprint density at radius 1 is 0.682 bits per heavy atom. The molecular formula is C36H44BrN3O4. The first-order valence-corrected chi connectivity index (χ1v) is 15.7. The molecule has 1 aromatic heterocycles. The van der Waals surface area contributed by atoms with Gasteiger partial charge in [-0.05, 0) is 90.1 Å². The van der Waals surface area contributed by atoms with Gasteiger partial charge in [-0.3, -0.25) is 0 Å². The van der Waals surface area contributed by atoms with E-state index >= 15 is 0 Å². The highest BCUT2D eigenvalue weighted by Gasteiger charge is 2.17. The summed E-state index contributed by atoms with van der Waals surface area (Å²) in [6.45, 7) is 4.64. The lowest BCUT2D eigenvalue weighted by atomic mass is 9.92. The Bertz CT molecular complexity index is 1570. The summed E-state index contributed by atoms with van der Waals surface area (Å²) >= 11 is 3.40. The summed E-state index contributed by atoms with van der Waals surface area (Å²) < 4.78 is 24.2. The van der Waals surface area contributed by atoms with Crippen LogP contribution in [0.5, 0.6) is 11.5 Å². The molecule has 1 heterocycles. The molecule has 0 aliphatic heterocycles. The van der Waals surface area contributed by atoms with Gasteiger partial charge in [0.05, 0.1) is 21.2 Å². The van der Waals surface area contributed by atoms with Gasteiger partial charge in [0.1, 0.15) is 11.5 Å². The molecule has 1 fully saturated rings. The first kappa shape index (κ1) is 33.5. The van der Waals surface area contributed by atoms with Crippen molar-refractivity contribution in [2.75, 3.05) is 27.8 Å². The third-order valence-electron chi connectivity index (χ3n) is 7.56. The fourth-order valence-electron chi connectivity index (χ4n) is 5.26. The normalized spacial score (nSPS) is 16.1. The molecule has 6 rings (SSSR count). The number of hydrogen-bond acceptors (Lipinski definition) is 6. The molecule has 44 heavy (non-hydrogen) atoms. The van der Waals surface area contributed by atoms with Crippen molar-refractivity contribution in [1.82, 2.24) is 4.57 Å². The van der Waals surface area contributed by atoms with Crippen LogP contribution in [-0.2, 0) is 9.47 Å². The molecule has 234 valence electrons. The lowest BCUT2D eigenvalue weighted by Gasteiger charge is -2.24. The molecule has 8 heteroatoms. The van der Waals surface area contributed by atoms with E-state index in [-0.39, 0.29) is 25.7 Å². The van der Waals surface area contributed by atoms with E-state index in [9.17, 15) is 0 Å². The molecule has 1 aliphatic carbocycles. The smallest absolute Gasteiger partial charge is 0.188 e. The van der Waals surface area contributed by atoms with Crippen molar-refractivity contribution in [3.05, 3.63) is 101 Å². The van der Waals surface area contributed by atoms with E-state index in [1.165, 1.54) is 45.8 Å². The number of hydrogen-bond donors (Lipinski definition) is 2. The van der Waals surface area contributed by atoms with E-state index in [0.717, 1.165) is 34.5 Å². The van der Waals surface area contributed by atoms with Crippen LogP contribution in [0.3, 0.4) is 0 Å². The van der Waals surface area contributed by atoms with Gasteiger partial charge < -0.3 is 35.0 Å². The van der Waals surface area contributed by atoms with Crippen molar-refractivity contribution in [2.24, 2.45) is 11.5 Å². The lowest BCUT2D eigenvalue weighted by Crippen LogP contribution is -2.43. The van der Waals surface area contributed by atoms with Crippen molar-refractivity contribution >= 4 is 37.7 Å². The van der Waals surface area contributed by atoms with Gasteiger partial charge in [0, 0.05) is 37.1 Å². The van der Waals surface area contributed by atoms with E-state index in [0.29, 0.717) is 0 Å². The highest BCUT2D eigenvalue weighted by Crippen LogP contribution is 2.35. The average Bonchev–Trinajstić information content (AvgIpc) is 3.36. The van der Waals surface area contributed by atoms with Crippen molar-refractivity contribution in [3.63, 3.8) is 0 Å². The minimum atomic E-state index is 0.229. The number of aryl methyl sites for hydroxylation is 2. The Kier molecular flexibility index (Phi) is 12.6. The first-order valence-electron chi connectivity index (χ1n) is 14.9. The lowest BCUT2D eigenvalue weighted by molar-refractivity contribution is 0.0505. The molecule has 5 aromatic rings. The maximum atomic E-state index is 5.82. The Morgan fingerprint density at radius 2 is 1.16 bits per heavy atom. The molecule has 0 bridgehead atoms. The highest BCUT2D eigenvalue weighted by atomic mass is 79.9. The van der Waals surface area contributed by atoms with Crippen molar-refractivity contribution < 1.29 is 18.9 Å². The molecule has 0 radical (unpaired) electrons. The van der Waals surface area contributed by atoms with Crippen LogP contribution in [0.15, 0.2) is 89.4 Å². The first-order chi connectivity index (χ1) is 21.3. The largest absolute Gasteiger partial charge is 0.466 e. The molecule has 0 unspecified atom stereocenters. The predicted molar refractivity (Wildman–Crippen MR) is 184 cm³/mol. The van der Waals surface area contributed by atoms with Crippen molar-refractivity contribution in [1.29, 1.82) is 0 Å². The third-order valence-corrected chi connectivity index (χ3v) is 8.18. The summed E-state index contributed by atoms with van der Waals surface area (Å²) in [6.07, 6.45) is 4.80. The molecule has 1 aliphatic rings. The number of methoxy groups -OCH3 is 2. The number of rotatable bonds is 7. The molecule has 4 N–H and O–H groups in total. The summed E-state index contributed by atoms with van der Waals surface area (Å²) in [5, 5.41) is 2.49. The zero-order valence-corrected chi connectivity index (χ0v) is 27.7. The molecule has 4 aromatic carbocycles. The summed E-state index contributed by atoms with van der Waals surface area (Å²) in [7, 11) is 3.23. The van der Waals surface area contributed by atoms with Gasteiger partial charge in [-0.15, -0.1) is 0 Å². The Hall–Kier alpha value is -3.40. The summed E-state index contributed by atoms with van der Waals surface area (Å²) in [6, 6.07) is 29.6. The standard InChI is InChI=1S/C21H19NO2.C9H11BrO2.C6H14N2/c1-15-11-12-21(24-14-23-2)20(13-15)22-18-9-5-3-7-16(18)17-8-4-6-10-19(17)22;1-7-3-4-9(8(10)5-7)12-6-11-2;7-5-3-1-2-4-6(5)8/h3-13H,14H2,1-2H3;3-5H,6H2,1-2H3;5-6H,1-4,7-8H2/t;;5-,6-/m..0/s1. The van der Waals surface area contributed by atoms with Crippen molar-refractivity contribution in [2.45, 2.75) is 51.6 Å². The number of fused-ring (bicyclic) bond motifs is 3. The highest BCUT2D eigenvalue weighted by molar-refractivity contribution is 9.10. The maximum Gasteiger partial charge on any atom is 0.188 e. The van der Waals surface area contributed by atoms with Crippen LogP contribution in [0.1, 0.15) is 36.8 Å². The van der Waals surface area contributed by atoms with E-state index in [4.69, 9.17) is 30.4 Å². The van der Waals surface area contributed by atoms with Crippen LogP contribution in [0.4, 0.5) is 0 Å². The zero-order valence-electron chi connectivity index (χ0n) is 26.1. The topological polar surface area (TPSA) is 93.9 Å². The summed E-state index contributed by atoms with van der Waals surface area (Å²) in [4.78, 5) is 0. The van der Waals surface area contributed by atoms with E-state index in [2.05, 4.69) is 88.1 Å². The minimum Gasteiger partial charge on any atom is -0.466 e. The second-order valence-electron chi connectivity index (χ2n) is 11.0. The summed E-state index contributed by atoms with van der Waals surface area (Å²) in [5.74, 6) is 1.62. The van der Waals surface area contributed by atoms with Gasteiger partial charge in [-0.1, -0.05) is 61.4 Å². The molecule has 0 spiro atoms. The van der Waals surface area contributed by atoms with Gasteiger partial charge in [0.2, 0.25) is 0 Å². The van der Waals surface area contributed by atoms with Crippen LogP contribution in [0.2, 0.25) is 0 Å². The molecule has 2 atom stereocenters. The average molecular weight is 663 g/mol. The number of nitrogens with two attached hydrogens (primary N) is 2. The van der Waals surface area contributed by atoms with E-state index < -0.39 is 0 Å². The van der Waals surface area contributed by atoms with Crippen LogP contribution < -0.4 is 20.9 Å². The molecule has 0 saturated heterocycles. The zero-order chi connectivity index (χ0) is 31.5. The Balaban J connectivity index is 0.000000183. The van der Waals surface area contributed by atoms with Gasteiger partial charge in [0.15, 0.2) is 13.6 Å². The van der Waals surface area contributed by atoms with Crippen LogP contribution >= 0.6 is 15.9 Å². The number of halogens is 1. The Labute approximate surface area is 269 Å². The SMILES string of the molecule is COCOc1ccc(C)cc1-n1c2ccccc2c2ccccc21.COCOc1ccc(C)cc1Br.N[C@H]1CCCC[C@@H]1N. The quantitative estimate of drug-likeness (QED) is 0.172. The molecule has 0 amide bonds. The maximum absolute atomic E-state index is 5.82. The predicted octanol–water partition coefficient (Wildman–Crippen LogP) is 8.03. The van der Waals surface area contributed by atoms with Gasteiger partial charge in [0.25, 0.3) is 0 Å². The fourth-order valence-corrected chi connectivity index (χ4v) is 5.87. The third kappa shape index (κ3) is 8.61. The molecule has 1 saturated carbocycles. The van der Waals surface area contributed by atoms with Gasteiger partial charge in [-0.25, -0.2) is 0 Å². The number of ether oxygens (including phenoxy) is 4. The van der Waals surface area contributed by atoms with Crippen LogP contribution in [0, 0.1) is 13.8 Å². The van der Waals surface area contributed by atoms with Gasteiger partial charge in [-0.2, -0.15) is 0 Å². The number of nitrogens with zero attached hydrogens (tertiary/aromatic N) is 1. The number of benzene rings is 4. The molecule has 7 nitrogen and oxygen atoms in total. The van der Waals surface area contributed by atoms with Crippen molar-refractivity contribution in [3.8, 4) is 17.2 Å². The number of para-hydroxylation sites is 2. The van der Waals surface area contributed by atoms with E-state index in [1.807, 2.05) is 31.2 Å². The van der Waals surface area contributed by atoms with E-state index in [1.54, 1.807) is 14.2 Å². The monoisotopic (exact) mass is 661 g/mol. The second-order valence-corrected chi connectivity index (χ2v) is 11.8. The molecular weight excluding hydrogens is 618 g/mol. The van der Waals surface area contributed by atoms with Crippen LogP contribution in [-0.4, -0.2) is 44.5 Å². The van der Waals surface area contributed by atoms with Gasteiger partial charge >= 0.3 is 0 Å². The number of aromatic nitrogens is 1. The Morgan fingerprint density at radius 3 is 1.66 bits per heavy atom. The second kappa shape index (κ2) is 16.6. The summed E-state index contributed by atoms with van der Waals surface area (Å²) in [5.41, 5.74) is 17.1. The fraction of sp³-hybridized carbons (Fsp3) is 0.333. The minimum absolute atomic E-state index is 0.229. The van der Waals surface area contributed by atoms with Crippen LogP contribution in [0.25, 0.3) is 27.5 Å².